The minimum atomic E-state index is -2.79. The third kappa shape index (κ3) is 3.35. The molecule has 0 saturated heterocycles. The molecule has 146 valence electrons. The summed E-state index contributed by atoms with van der Waals surface area (Å²) in [5, 5.41) is 9.68. The number of alkyl halides is 2. The molecule has 1 aromatic carbocycles. The maximum Gasteiger partial charge on any atom is 0.261 e. The number of fused-ring (bicyclic) bond motifs is 2. The first-order valence-electron chi connectivity index (χ1n) is 8.85. The van der Waals surface area contributed by atoms with Crippen molar-refractivity contribution in [1.29, 1.82) is 0 Å². The Hall–Kier alpha value is -3.23. The molecule has 1 amide bonds. The highest BCUT2D eigenvalue weighted by Gasteiger charge is 2.27. The van der Waals surface area contributed by atoms with Gasteiger partial charge in [-0.15, -0.1) is 0 Å². The van der Waals surface area contributed by atoms with E-state index in [0.717, 1.165) is 11.1 Å². The fourth-order valence-electron chi connectivity index (χ4n) is 3.15. The third-order valence-electron chi connectivity index (χ3n) is 4.65. The minimum Gasteiger partial charge on any atom is -0.491 e. The summed E-state index contributed by atoms with van der Waals surface area (Å²) in [7, 11) is 0. The molecule has 2 atom stereocenters. The van der Waals surface area contributed by atoms with Crippen molar-refractivity contribution in [3.8, 4) is 5.75 Å². The van der Waals surface area contributed by atoms with Gasteiger partial charge in [0.1, 0.15) is 29.8 Å². The summed E-state index contributed by atoms with van der Waals surface area (Å²) in [6, 6.07) is 5.59. The zero-order valence-electron chi connectivity index (χ0n) is 15.3. The lowest BCUT2D eigenvalue weighted by Gasteiger charge is -2.22. The molecule has 2 bridgehead atoms. The molecule has 0 saturated carbocycles. The number of halogens is 2. The Morgan fingerprint density at radius 1 is 1.29 bits per heavy atom. The Bertz CT molecular complexity index is 1040. The minimum absolute atomic E-state index is 0.120. The van der Waals surface area contributed by atoms with Crippen molar-refractivity contribution in [2.75, 3.05) is 11.9 Å². The van der Waals surface area contributed by atoms with E-state index in [9.17, 15) is 13.6 Å². The maximum absolute atomic E-state index is 13.5. The highest BCUT2D eigenvalue weighted by molar-refractivity contribution is 6.00. The van der Waals surface area contributed by atoms with E-state index < -0.39 is 18.4 Å². The number of rotatable bonds is 1. The van der Waals surface area contributed by atoms with Crippen LogP contribution in [0.2, 0.25) is 0 Å². The van der Waals surface area contributed by atoms with Crippen LogP contribution in [0.4, 0.5) is 14.6 Å². The largest absolute Gasteiger partial charge is 0.491 e. The van der Waals surface area contributed by atoms with Crippen molar-refractivity contribution in [1.82, 2.24) is 19.9 Å². The second-order valence-electron chi connectivity index (χ2n) is 6.77. The molecule has 2 N–H and O–H groups in total. The second-order valence-corrected chi connectivity index (χ2v) is 6.77. The number of hydrogen-bond donors (Lipinski definition) is 2. The zero-order chi connectivity index (χ0) is 19.8. The van der Waals surface area contributed by atoms with Gasteiger partial charge in [-0.05, 0) is 26.0 Å². The second kappa shape index (κ2) is 7.06. The number of nitrogens with one attached hydrogen (secondary N) is 2. The van der Waals surface area contributed by atoms with E-state index in [1.54, 1.807) is 18.3 Å². The van der Waals surface area contributed by atoms with E-state index in [-0.39, 0.29) is 23.9 Å². The Morgan fingerprint density at radius 2 is 2.11 bits per heavy atom. The predicted octanol–water partition coefficient (Wildman–Crippen LogP) is 2.97. The number of nitrogens with zero attached hydrogens (tertiary/aromatic N) is 3. The van der Waals surface area contributed by atoms with Crippen LogP contribution >= 0.6 is 0 Å². The van der Waals surface area contributed by atoms with Gasteiger partial charge in [0.15, 0.2) is 5.65 Å². The number of carbonyl (C=O) groups is 1. The first-order valence-corrected chi connectivity index (χ1v) is 8.85. The Labute approximate surface area is 159 Å². The fraction of sp³-hybridized carbons (Fsp3) is 0.316. The molecule has 0 unspecified atom stereocenters. The standard InChI is InChI=1S/C19H19F2N5O2/c1-10-3-4-15-12(7-10)11(2)23-16-5-6-26-18(25-16)13(8-22-26)19(27)24-14(9-28-15)17(20)21/h3-8,11,14,17H,9H2,1-2H3,(H,23,25)(H,24,27)/t11-,14+/m1/s1. The van der Waals surface area contributed by atoms with Crippen LogP contribution in [0, 0.1) is 6.92 Å². The van der Waals surface area contributed by atoms with Gasteiger partial charge in [0, 0.05) is 11.8 Å². The average Bonchev–Trinajstić information content (AvgIpc) is 3.08. The van der Waals surface area contributed by atoms with E-state index in [2.05, 4.69) is 20.7 Å². The SMILES string of the molecule is Cc1ccc2c(c1)[C@@H](C)Nc1ccn3ncc(c3n1)C(=O)N[C@H](C(F)F)CO2. The molecule has 2 aromatic heterocycles. The quantitative estimate of drug-likeness (QED) is 0.671. The van der Waals surface area contributed by atoms with Gasteiger partial charge in [-0.3, -0.25) is 4.79 Å². The number of amides is 1. The topological polar surface area (TPSA) is 80.5 Å². The van der Waals surface area contributed by atoms with Crippen LogP contribution in [-0.4, -0.2) is 39.6 Å². The van der Waals surface area contributed by atoms with Crippen LogP contribution in [0.25, 0.3) is 5.65 Å². The van der Waals surface area contributed by atoms with Gasteiger partial charge < -0.3 is 15.4 Å². The molecule has 1 aliphatic heterocycles. The predicted molar refractivity (Wildman–Crippen MR) is 99.0 cm³/mol. The third-order valence-corrected chi connectivity index (χ3v) is 4.65. The molecule has 0 fully saturated rings. The highest BCUT2D eigenvalue weighted by atomic mass is 19.3. The number of carbonyl (C=O) groups excluding carboxylic acids is 1. The van der Waals surface area contributed by atoms with Gasteiger partial charge >= 0.3 is 0 Å². The van der Waals surface area contributed by atoms with Gasteiger partial charge in [0.2, 0.25) is 0 Å². The summed E-state index contributed by atoms with van der Waals surface area (Å²) < 4.78 is 34.1. The van der Waals surface area contributed by atoms with Crippen LogP contribution in [-0.2, 0) is 0 Å². The molecule has 1 aliphatic rings. The van der Waals surface area contributed by atoms with Crippen LogP contribution < -0.4 is 15.4 Å². The lowest BCUT2D eigenvalue weighted by Crippen LogP contribution is -2.44. The van der Waals surface area contributed by atoms with Gasteiger partial charge in [-0.2, -0.15) is 5.10 Å². The van der Waals surface area contributed by atoms with Gasteiger partial charge in [0.05, 0.1) is 12.2 Å². The molecule has 0 aliphatic carbocycles. The molecule has 7 nitrogen and oxygen atoms in total. The fourth-order valence-corrected chi connectivity index (χ4v) is 3.15. The van der Waals surface area contributed by atoms with Crippen LogP contribution in [0.3, 0.4) is 0 Å². The number of ether oxygens (including phenoxy) is 1. The van der Waals surface area contributed by atoms with E-state index >= 15 is 0 Å². The van der Waals surface area contributed by atoms with E-state index in [4.69, 9.17) is 4.74 Å². The van der Waals surface area contributed by atoms with Crippen LogP contribution in [0.5, 0.6) is 5.75 Å². The first-order chi connectivity index (χ1) is 13.4. The molecular weight excluding hydrogens is 368 g/mol. The van der Waals surface area contributed by atoms with Gasteiger partial charge in [0.25, 0.3) is 12.3 Å². The van der Waals surface area contributed by atoms with E-state index in [1.807, 2.05) is 26.0 Å². The molecule has 28 heavy (non-hydrogen) atoms. The van der Waals surface area contributed by atoms with Crippen molar-refractivity contribution in [3.63, 3.8) is 0 Å². The van der Waals surface area contributed by atoms with Crippen molar-refractivity contribution in [2.24, 2.45) is 0 Å². The summed E-state index contributed by atoms with van der Waals surface area (Å²) in [4.78, 5) is 17.0. The Morgan fingerprint density at radius 3 is 2.89 bits per heavy atom. The lowest BCUT2D eigenvalue weighted by molar-refractivity contribution is 0.0600. The number of aryl methyl sites for hydroxylation is 1. The van der Waals surface area contributed by atoms with Gasteiger partial charge in [-0.25, -0.2) is 18.3 Å². The van der Waals surface area contributed by atoms with Gasteiger partial charge in [-0.1, -0.05) is 17.7 Å². The number of anilines is 1. The van der Waals surface area contributed by atoms with Crippen LogP contribution in [0.15, 0.2) is 36.7 Å². The number of aromatic nitrogens is 3. The number of hydrogen-bond acceptors (Lipinski definition) is 5. The first kappa shape index (κ1) is 18.1. The molecule has 9 heteroatoms. The molecular formula is C19H19F2N5O2. The van der Waals surface area contributed by atoms with E-state index in [1.165, 1.54) is 10.7 Å². The summed E-state index contributed by atoms with van der Waals surface area (Å²) in [6.07, 6.45) is 0.182. The monoisotopic (exact) mass is 387 g/mol. The van der Waals surface area contributed by atoms with Crippen molar-refractivity contribution in [3.05, 3.63) is 53.3 Å². The van der Waals surface area contributed by atoms with Crippen molar-refractivity contribution < 1.29 is 18.3 Å². The maximum atomic E-state index is 13.5. The normalized spacial score (nSPS) is 19.8. The van der Waals surface area contributed by atoms with Crippen molar-refractivity contribution in [2.45, 2.75) is 32.4 Å². The van der Waals surface area contributed by atoms with E-state index in [0.29, 0.717) is 11.6 Å². The summed E-state index contributed by atoms with van der Waals surface area (Å²) in [5.74, 6) is 0.338. The van der Waals surface area contributed by atoms with Crippen molar-refractivity contribution >= 4 is 17.4 Å². The Balaban J connectivity index is 1.83. The zero-order valence-corrected chi connectivity index (χ0v) is 15.3. The summed E-state index contributed by atoms with van der Waals surface area (Å²) in [5.41, 5.74) is 2.23. The summed E-state index contributed by atoms with van der Waals surface area (Å²) >= 11 is 0. The molecule has 0 radical (unpaired) electrons. The Kier molecular flexibility index (Phi) is 4.58. The molecule has 0 spiro atoms. The smallest absolute Gasteiger partial charge is 0.261 e. The lowest BCUT2D eigenvalue weighted by atomic mass is 10.0. The summed E-state index contributed by atoms with van der Waals surface area (Å²) in [6.45, 7) is 3.51. The molecule has 3 heterocycles. The highest BCUT2D eigenvalue weighted by Crippen LogP contribution is 2.29. The molecule has 4 rings (SSSR count). The molecule has 3 aromatic rings. The number of benzene rings is 1. The average molecular weight is 387 g/mol. The van der Waals surface area contributed by atoms with Crippen LogP contribution in [0.1, 0.15) is 34.5 Å².